The molecule has 3 aliphatic rings. The third-order valence-electron chi connectivity index (χ3n) is 9.35. The topological polar surface area (TPSA) is 182 Å². The summed E-state index contributed by atoms with van der Waals surface area (Å²) in [5, 5.41) is 19.5. The van der Waals surface area contributed by atoms with Crippen molar-refractivity contribution < 1.29 is 48.0 Å². The number of alkyl carbamates (subject to hydrolysis) is 1. The Balaban J connectivity index is 1.54. The van der Waals surface area contributed by atoms with E-state index >= 15 is 0 Å². The molecule has 1 aromatic rings. The fourth-order valence-corrected chi connectivity index (χ4v) is 6.68. The lowest BCUT2D eigenvalue weighted by Gasteiger charge is -2.33. The standard InChI is InChI=1S/C37H56N4O10/c1-37(2,3)51-36(47)40-29(22-26-13-8-5-9-14-26)33(44)39-30-24-49-31(42)16-10-15-27(23-41-17-19-48-20-18-41)50-35(46)32(43)28(38-34(30)45)21-25-11-6-4-7-12-25/h5,8-9,13-14,25,27-30,32,43H,4,6-7,10-12,15-24H2,1-3H3,(H,38,45)(H,39,44)(H,40,47)/t27?,28-,29?,30-,32+/m0/s1. The minimum absolute atomic E-state index is 0.0108. The Morgan fingerprint density at radius 2 is 1.73 bits per heavy atom. The zero-order chi connectivity index (χ0) is 36.8. The van der Waals surface area contributed by atoms with E-state index in [4.69, 9.17) is 18.9 Å². The van der Waals surface area contributed by atoms with Crippen molar-refractivity contribution in [1.82, 2.24) is 20.9 Å². The summed E-state index contributed by atoms with van der Waals surface area (Å²) >= 11 is 0. The zero-order valence-electron chi connectivity index (χ0n) is 30.2. The minimum atomic E-state index is -1.66. The third kappa shape index (κ3) is 14.1. The fourth-order valence-electron chi connectivity index (χ4n) is 6.68. The van der Waals surface area contributed by atoms with Crippen LogP contribution in [0.15, 0.2) is 30.3 Å². The first-order valence-corrected chi connectivity index (χ1v) is 18.3. The Bertz CT molecular complexity index is 1290. The largest absolute Gasteiger partial charge is 0.463 e. The van der Waals surface area contributed by atoms with Crippen molar-refractivity contribution in [1.29, 1.82) is 0 Å². The third-order valence-corrected chi connectivity index (χ3v) is 9.35. The van der Waals surface area contributed by atoms with E-state index in [2.05, 4.69) is 20.9 Å². The molecule has 2 unspecified atom stereocenters. The summed E-state index contributed by atoms with van der Waals surface area (Å²) in [6, 6.07) is 5.46. The Morgan fingerprint density at radius 1 is 1.02 bits per heavy atom. The minimum Gasteiger partial charge on any atom is -0.463 e. The van der Waals surface area contributed by atoms with Crippen LogP contribution < -0.4 is 16.0 Å². The van der Waals surface area contributed by atoms with Crippen molar-refractivity contribution in [3.8, 4) is 0 Å². The van der Waals surface area contributed by atoms with E-state index in [1.165, 1.54) is 0 Å². The number of hydrogen-bond acceptors (Lipinski definition) is 11. The lowest BCUT2D eigenvalue weighted by Crippen LogP contribution is -2.59. The van der Waals surface area contributed by atoms with Gasteiger partial charge in [-0.3, -0.25) is 19.3 Å². The van der Waals surface area contributed by atoms with Gasteiger partial charge in [0.2, 0.25) is 11.8 Å². The molecule has 0 aromatic heterocycles. The Labute approximate surface area is 300 Å². The molecule has 14 nitrogen and oxygen atoms in total. The van der Waals surface area contributed by atoms with Gasteiger partial charge in [-0.1, -0.05) is 62.4 Å². The summed E-state index contributed by atoms with van der Waals surface area (Å²) < 4.78 is 22.2. The average molecular weight is 717 g/mol. The predicted molar refractivity (Wildman–Crippen MR) is 186 cm³/mol. The first-order chi connectivity index (χ1) is 24.4. The molecule has 0 radical (unpaired) electrons. The van der Waals surface area contributed by atoms with Gasteiger partial charge in [-0.25, -0.2) is 9.59 Å². The Hall–Kier alpha value is -3.75. The van der Waals surface area contributed by atoms with Gasteiger partial charge in [-0.15, -0.1) is 0 Å². The second kappa shape index (κ2) is 19.7. The van der Waals surface area contributed by atoms with Crippen LogP contribution in [0.2, 0.25) is 0 Å². The highest BCUT2D eigenvalue weighted by Crippen LogP contribution is 2.28. The van der Waals surface area contributed by atoms with E-state index in [1.54, 1.807) is 45.0 Å². The maximum atomic E-state index is 13.9. The smallest absolute Gasteiger partial charge is 0.408 e. The molecule has 284 valence electrons. The van der Waals surface area contributed by atoms with Crippen LogP contribution in [-0.4, -0.2) is 115 Å². The van der Waals surface area contributed by atoms with E-state index in [1.807, 2.05) is 6.07 Å². The molecule has 1 saturated carbocycles. The number of nitrogens with zero attached hydrogens (tertiary/aromatic N) is 1. The van der Waals surface area contributed by atoms with Crippen molar-refractivity contribution in [2.45, 2.75) is 121 Å². The number of cyclic esters (lactones) is 2. The number of ether oxygens (including phenoxy) is 4. The molecule has 5 atom stereocenters. The first kappa shape index (κ1) is 40.0. The number of esters is 2. The van der Waals surface area contributed by atoms with Crippen LogP contribution >= 0.6 is 0 Å². The molecule has 2 aliphatic heterocycles. The van der Waals surface area contributed by atoms with E-state index in [9.17, 15) is 29.1 Å². The second-order valence-corrected chi connectivity index (χ2v) is 14.8. The summed E-state index contributed by atoms with van der Waals surface area (Å²) in [5.41, 5.74) is -0.0775. The van der Waals surface area contributed by atoms with Crippen molar-refractivity contribution in [3.63, 3.8) is 0 Å². The van der Waals surface area contributed by atoms with Crippen molar-refractivity contribution in [2.24, 2.45) is 5.92 Å². The number of carbonyl (C=O) groups excluding carboxylic acids is 5. The molecule has 3 fully saturated rings. The molecule has 1 aliphatic carbocycles. The SMILES string of the molecule is CC(C)(C)OC(=O)NC(Cc1ccccc1)C(=O)N[C@H]1COC(=O)CCCC(CN2CCOCC2)OC(=O)[C@H](O)[C@H](CC2CCCCC2)NC1=O. The maximum Gasteiger partial charge on any atom is 0.408 e. The molecule has 3 amide bonds. The summed E-state index contributed by atoms with van der Waals surface area (Å²) in [7, 11) is 0. The molecule has 4 rings (SSSR count). The number of carbonyl (C=O) groups is 5. The number of nitrogens with one attached hydrogen (secondary N) is 3. The number of rotatable bonds is 9. The highest BCUT2D eigenvalue weighted by molar-refractivity contribution is 5.92. The normalized spacial score (nSPS) is 25.7. The van der Waals surface area contributed by atoms with Crippen LogP contribution in [0.1, 0.15) is 84.1 Å². The molecule has 4 N–H and O–H groups in total. The highest BCUT2D eigenvalue weighted by atomic mass is 16.6. The average Bonchev–Trinajstić information content (AvgIpc) is 3.09. The fraction of sp³-hybridized carbons (Fsp3) is 0.703. The summed E-state index contributed by atoms with van der Waals surface area (Å²) in [6.45, 7) is 7.50. The van der Waals surface area contributed by atoms with Crippen LogP contribution in [0.3, 0.4) is 0 Å². The molecule has 2 saturated heterocycles. The van der Waals surface area contributed by atoms with Gasteiger partial charge in [0, 0.05) is 32.5 Å². The first-order valence-electron chi connectivity index (χ1n) is 18.3. The van der Waals surface area contributed by atoms with Gasteiger partial charge in [-0.05, 0) is 51.5 Å². The van der Waals surface area contributed by atoms with E-state index in [0.717, 1.165) is 37.7 Å². The molecular formula is C37H56N4O10. The molecular weight excluding hydrogens is 660 g/mol. The number of aliphatic hydroxyl groups excluding tert-OH is 1. The Morgan fingerprint density at radius 3 is 2.41 bits per heavy atom. The summed E-state index contributed by atoms with van der Waals surface area (Å²) in [4.78, 5) is 69.0. The van der Waals surface area contributed by atoms with Crippen molar-refractivity contribution in [3.05, 3.63) is 35.9 Å². The number of hydrogen-bond donors (Lipinski definition) is 4. The second-order valence-electron chi connectivity index (χ2n) is 14.8. The summed E-state index contributed by atoms with van der Waals surface area (Å²) in [5.74, 6) is -2.73. The lowest BCUT2D eigenvalue weighted by molar-refractivity contribution is -0.163. The van der Waals surface area contributed by atoms with Gasteiger partial charge in [0.15, 0.2) is 6.10 Å². The van der Waals surface area contributed by atoms with Crippen LogP contribution in [0.5, 0.6) is 0 Å². The van der Waals surface area contributed by atoms with Crippen LogP contribution in [-0.2, 0) is 44.5 Å². The number of aliphatic hydroxyl groups is 1. The monoisotopic (exact) mass is 716 g/mol. The molecule has 0 bridgehead atoms. The predicted octanol–water partition coefficient (Wildman–Crippen LogP) is 2.39. The Kier molecular flexibility index (Phi) is 15.5. The highest BCUT2D eigenvalue weighted by Gasteiger charge is 2.37. The van der Waals surface area contributed by atoms with Gasteiger partial charge in [-0.2, -0.15) is 0 Å². The van der Waals surface area contributed by atoms with Crippen molar-refractivity contribution >= 4 is 29.8 Å². The van der Waals surface area contributed by atoms with E-state index < -0.39 is 72.4 Å². The maximum absolute atomic E-state index is 13.9. The molecule has 51 heavy (non-hydrogen) atoms. The molecule has 1 aromatic carbocycles. The van der Waals surface area contributed by atoms with E-state index in [-0.39, 0.29) is 18.8 Å². The molecule has 2 heterocycles. The number of benzene rings is 1. The molecule has 0 spiro atoms. The van der Waals surface area contributed by atoms with Gasteiger partial charge >= 0.3 is 18.0 Å². The summed E-state index contributed by atoms with van der Waals surface area (Å²) in [6.07, 6.45) is 2.94. The van der Waals surface area contributed by atoms with Crippen LogP contribution in [0, 0.1) is 5.92 Å². The zero-order valence-corrected chi connectivity index (χ0v) is 30.2. The number of morpholine rings is 1. The number of amides is 3. The van der Waals surface area contributed by atoms with Crippen molar-refractivity contribution in [2.75, 3.05) is 39.5 Å². The van der Waals surface area contributed by atoms with Crippen LogP contribution in [0.25, 0.3) is 0 Å². The quantitative estimate of drug-likeness (QED) is 0.218. The van der Waals surface area contributed by atoms with Gasteiger partial charge in [0.1, 0.15) is 30.4 Å². The molecule has 14 heteroatoms. The van der Waals surface area contributed by atoms with Gasteiger partial charge in [0.25, 0.3) is 0 Å². The van der Waals surface area contributed by atoms with E-state index in [0.29, 0.717) is 52.1 Å². The van der Waals surface area contributed by atoms with Gasteiger partial charge < -0.3 is 40.0 Å². The van der Waals surface area contributed by atoms with Crippen LogP contribution in [0.4, 0.5) is 4.79 Å². The van der Waals surface area contributed by atoms with Gasteiger partial charge in [0.05, 0.1) is 19.3 Å². The lowest BCUT2D eigenvalue weighted by atomic mass is 9.83.